The van der Waals surface area contributed by atoms with Crippen LogP contribution in [0, 0.1) is 13.8 Å². The van der Waals surface area contributed by atoms with Gasteiger partial charge in [0.1, 0.15) is 0 Å². The molecule has 14 heteroatoms. The lowest BCUT2D eigenvalue weighted by Crippen LogP contribution is -2.54. The summed E-state index contributed by atoms with van der Waals surface area (Å²) in [5.74, 6) is -1.56. The molecule has 2 amide bonds. The minimum absolute atomic E-state index is 0.0922. The predicted molar refractivity (Wildman–Crippen MR) is 143 cm³/mol. The highest BCUT2D eigenvalue weighted by Crippen LogP contribution is 2.57. The van der Waals surface area contributed by atoms with Crippen molar-refractivity contribution in [2.75, 3.05) is 24.7 Å². The minimum atomic E-state index is -5.88. The highest BCUT2D eigenvalue weighted by molar-refractivity contribution is 6.02. The largest absolute Gasteiger partial charge is 0.411 e. The van der Waals surface area contributed by atoms with E-state index in [-0.39, 0.29) is 28.3 Å². The molecule has 0 saturated carbocycles. The minimum Gasteiger partial charge on any atom is -0.351 e. The number of hydrogen-bond donors (Lipinski definition) is 2. The lowest BCUT2D eigenvalue weighted by molar-refractivity contribution is -0.288. The second-order valence-corrected chi connectivity index (χ2v) is 10.1. The molecule has 0 bridgehead atoms. The van der Waals surface area contributed by atoms with E-state index in [9.17, 15) is 35.9 Å². The molecule has 2 N–H and O–H groups in total. The Morgan fingerprint density at radius 2 is 1.26 bits per heavy atom. The fourth-order valence-electron chi connectivity index (χ4n) is 4.95. The number of aromatic nitrogens is 2. The highest BCUT2D eigenvalue weighted by atomic mass is 19.4. The van der Waals surface area contributed by atoms with Crippen LogP contribution >= 0.6 is 0 Å². The number of anilines is 2. The van der Waals surface area contributed by atoms with Gasteiger partial charge in [0, 0.05) is 57.3 Å². The second-order valence-electron chi connectivity index (χ2n) is 10.1. The van der Waals surface area contributed by atoms with Crippen molar-refractivity contribution in [3.05, 3.63) is 89.3 Å². The molecule has 0 aliphatic carbocycles. The molecule has 0 atom stereocenters. The molecule has 0 spiro atoms. The van der Waals surface area contributed by atoms with E-state index < -0.39 is 46.9 Å². The summed E-state index contributed by atoms with van der Waals surface area (Å²) in [7, 11) is 4.72. The molecule has 0 unspecified atom stereocenters. The topological polar surface area (TPSA) is 82.5 Å². The van der Waals surface area contributed by atoms with E-state index in [0.717, 1.165) is 24.3 Å². The first kappa shape index (κ1) is 30.5. The zero-order valence-corrected chi connectivity index (χ0v) is 23.2. The van der Waals surface area contributed by atoms with Crippen molar-refractivity contribution in [2.45, 2.75) is 37.8 Å². The van der Waals surface area contributed by atoms with Gasteiger partial charge in [-0.3, -0.25) is 9.59 Å². The third kappa shape index (κ3) is 5.16. The van der Waals surface area contributed by atoms with E-state index in [1.54, 1.807) is 26.5 Å². The Bertz CT molecular complexity index is 1520. The summed E-state index contributed by atoms with van der Waals surface area (Å²) in [6.07, 6.45) is -6.62. The summed E-state index contributed by atoms with van der Waals surface area (Å²) in [4.78, 5) is 32.7. The lowest BCUT2D eigenvalue weighted by Gasteiger charge is -2.39. The molecule has 0 saturated heterocycles. The molecule has 0 radical (unpaired) electrons. The first-order valence-electron chi connectivity index (χ1n) is 12.6. The molecular formula is C28H28F6N6O2. The Morgan fingerprint density at radius 3 is 1.69 bits per heavy atom. The number of nitrogens with zero attached hydrogens (tertiary/aromatic N) is 4. The van der Waals surface area contributed by atoms with Crippen molar-refractivity contribution in [3.8, 4) is 0 Å². The van der Waals surface area contributed by atoms with Crippen molar-refractivity contribution in [1.29, 1.82) is 0 Å². The number of hydrogen-bond acceptors (Lipinski definition) is 5. The van der Waals surface area contributed by atoms with Gasteiger partial charge in [-0.05, 0) is 48.2 Å². The smallest absolute Gasteiger partial charge is 0.351 e. The summed E-state index contributed by atoms with van der Waals surface area (Å²) in [5.41, 5.74) is -6.79. The Labute approximate surface area is 237 Å². The van der Waals surface area contributed by atoms with Gasteiger partial charge in [0.05, 0.1) is 0 Å². The number of alkyl halides is 6. The molecular weight excluding hydrogens is 566 g/mol. The summed E-state index contributed by atoms with van der Waals surface area (Å²) < 4.78 is 90.9. The Morgan fingerprint density at radius 1 is 0.786 bits per heavy atom. The van der Waals surface area contributed by atoms with Crippen LogP contribution in [-0.2, 0) is 17.3 Å². The van der Waals surface area contributed by atoms with Crippen LogP contribution in [-0.4, -0.2) is 63.8 Å². The van der Waals surface area contributed by atoms with Gasteiger partial charge in [-0.1, -0.05) is 24.3 Å². The number of imidazole rings is 1. The van der Waals surface area contributed by atoms with Crippen LogP contribution in [0.4, 0.5) is 37.7 Å². The molecule has 0 fully saturated rings. The van der Waals surface area contributed by atoms with Gasteiger partial charge in [0.15, 0.2) is 12.0 Å². The van der Waals surface area contributed by atoms with Gasteiger partial charge in [-0.2, -0.15) is 26.3 Å². The second kappa shape index (κ2) is 10.7. The average molecular weight is 595 g/mol. The number of aryl methyl sites for hydroxylation is 3. The molecule has 3 aromatic rings. The summed E-state index contributed by atoms with van der Waals surface area (Å²) >= 11 is 0. The molecule has 2 heterocycles. The van der Waals surface area contributed by atoms with Crippen LogP contribution in [0.1, 0.15) is 32.9 Å². The number of nitrogens with one attached hydrogen (secondary N) is 2. The van der Waals surface area contributed by atoms with Crippen molar-refractivity contribution >= 4 is 23.2 Å². The number of rotatable bonds is 6. The van der Waals surface area contributed by atoms with Crippen LogP contribution in [0.15, 0.2) is 61.2 Å². The molecule has 1 aliphatic rings. The standard InChI is InChI=1S/C28H28F6N6O2/c1-16-6-8-18(14-20(16)36-23(41)22-35-10-11-38(22)3)26(27(29,30)31,28(32,33)34)19-9-7-17(2)21(15-19)37-24(42)25-39(4)12-13-40(25)5/h6-15,25H,1-5H3,(H,36,41)(H,37,42). The SMILES string of the molecule is Cc1ccc(C(c2ccc(C)c(NC(=O)C3N(C)C=CN3C)c2)(C(F)(F)F)C(F)(F)F)cc1NC(=O)c1nccn1C. The van der Waals surface area contributed by atoms with Gasteiger partial charge in [0.25, 0.3) is 11.8 Å². The maximum Gasteiger partial charge on any atom is 0.411 e. The Balaban J connectivity index is 1.85. The van der Waals surface area contributed by atoms with E-state index in [4.69, 9.17) is 0 Å². The number of halogens is 6. The first-order chi connectivity index (χ1) is 19.5. The molecule has 8 nitrogen and oxygen atoms in total. The van der Waals surface area contributed by atoms with Crippen LogP contribution < -0.4 is 10.6 Å². The Kier molecular flexibility index (Phi) is 7.78. The zero-order chi connectivity index (χ0) is 31.2. The molecule has 224 valence electrons. The van der Waals surface area contributed by atoms with Crippen LogP contribution in [0.25, 0.3) is 0 Å². The number of carbonyl (C=O) groups excluding carboxylic acids is 2. The quantitative estimate of drug-likeness (QED) is 0.378. The van der Waals surface area contributed by atoms with Gasteiger partial charge in [0.2, 0.25) is 5.41 Å². The maximum absolute atomic E-state index is 14.9. The fourth-order valence-corrected chi connectivity index (χ4v) is 4.95. The summed E-state index contributed by atoms with van der Waals surface area (Å²) in [6, 6.07) is 5.01. The van der Waals surface area contributed by atoms with E-state index in [0.29, 0.717) is 12.1 Å². The number of likely N-dealkylation sites (N-methyl/N-ethyl adjacent to an activating group) is 2. The predicted octanol–water partition coefficient (Wildman–Crippen LogP) is 5.31. The molecule has 1 aliphatic heterocycles. The number of carbonyl (C=O) groups is 2. The van der Waals surface area contributed by atoms with Crippen LogP contribution in [0.2, 0.25) is 0 Å². The molecule has 2 aromatic carbocycles. The normalized spacial score (nSPS) is 14.5. The third-order valence-corrected chi connectivity index (χ3v) is 7.26. The van der Waals surface area contributed by atoms with E-state index >= 15 is 0 Å². The molecule has 4 rings (SSSR count). The van der Waals surface area contributed by atoms with Crippen molar-refractivity contribution in [1.82, 2.24) is 19.4 Å². The molecule has 1 aromatic heterocycles. The number of amides is 2. The maximum atomic E-state index is 14.9. The Hall–Kier alpha value is -4.49. The van der Waals surface area contributed by atoms with Crippen LogP contribution in [0.5, 0.6) is 0 Å². The summed E-state index contributed by atoms with van der Waals surface area (Å²) in [5, 5.41) is 4.86. The van der Waals surface area contributed by atoms with Crippen molar-refractivity contribution < 1.29 is 35.9 Å². The molecule has 42 heavy (non-hydrogen) atoms. The summed E-state index contributed by atoms with van der Waals surface area (Å²) in [6.45, 7) is 2.89. The van der Waals surface area contributed by atoms with Gasteiger partial charge in [-0.25, -0.2) is 4.98 Å². The third-order valence-electron chi connectivity index (χ3n) is 7.26. The van der Waals surface area contributed by atoms with Gasteiger partial charge >= 0.3 is 12.4 Å². The monoisotopic (exact) mass is 594 g/mol. The van der Waals surface area contributed by atoms with Gasteiger partial charge < -0.3 is 25.0 Å². The number of benzene rings is 2. The van der Waals surface area contributed by atoms with Gasteiger partial charge in [-0.15, -0.1) is 0 Å². The van der Waals surface area contributed by atoms with Crippen LogP contribution in [0.3, 0.4) is 0 Å². The zero-order valence-electron chi connectivity index (χ0n) is 23.2. The van der Waals surface area contributed by atoms with Crippen molar-refractivity contribution in [3.63, 3.8) is 0 Å². The fraction of sp³-hybridized carbons (Fsp3) is 0.321. The lowest BCUT2D eigenvalue weighted by atomic mass is 9.72. The van der Waals surface area contributed by atoms with E-state index in [1.165, 1.54) is 47.7 Å². The average Bonchev–Trinajstić information content (AvgIpc) is 3.45. The highest BCUT2D eigenvalue weighted by Gasteiger charge is 2.72. The van der Waals surface area contributed by atoms with E-state index in [2.05, 4.69) is 15.6 Å². The van der Waals surface area contributed by atoms with Crippen molar-refractivity contribution in [2.24, 2.45) is 7.05 Å². The first-order valence-corrected chi connectivity index (χ1v) is 12.6. The van der Waals surface area contributed by atoms with E-state index in [1.807, 2.05) is 0 Å².